The number of piperidine rings is 1. The van der Waals surface area contributed by atoms with Gasteiger partial charge in [0.05, 0.1) is 49.4 Å². The van der Waals surface area contributed by atoms with E-state index in [-0.39, 0.29) is 67.5 Å². The Kier molecular flexibility index (Phi) is 21.9. The van der Waals surface area contributed by atoms with Gasteiger partial charge in [-0.1, -0.05) is 68.4 Å². The first-order valence-corrected chi connectivity index (χ1v) is 25.1. The molecule has 416 valence electrons. The molecule has 76 heavy (non-hydrogen) atoms. The Bertz CT molecular complexity index is 2570. The van der Waals surface area contributed by atoms with E-state index in [1.165, 1.54) is 11.3 Å². The molecular formula is C51H61F7N6O11S. The highest BCUT2D eigenvalue weighted by molar-refractivity contribution is 7.09. The van der Waals surface area contributed by atoms with Crippen LogP contribution in [-0.2, 0) is 48.0 Å². The third-order valence-electron chi connectivity index (χ3n) is 12.6. The second kappa shape index (κ2) is 27.6. The Morgan fingerprint density at radius 3 is 2.17 bits per heavy atom. The molecule has 3 amide bonds. The minimum absolute atomic E-state index is 0.0333. The Hall–Kier alpha value is -6.41. The van der Waals surface area contributed by atoms with Crippen molar-refractivity contribution in [1.82, 2.24) is 25.0 Å². The lowest BCUT2D eigenvalue weighted by Crippen LogP contribution is -2.58. The minimum atomic E-state index is -5.08. The van der Waals surface area contributed by atoms with Gasteiger partial charge in [0, 0.05) is 56.1 Å². The number of anilines is 1. The predicted molar refractivity (Wildman–Crippen MR) is 264 cm³/mol. The molecule has 17 nitrogen and oxygen atoms in total. The molecule has 1 atom stereocenters. The van der Waals surface area contributed by atoms with Crippen molar-refractivity contribution in [1.29, 1.82) is 0 Å². The Morgan fingerprint density at radius 2 is 1.54 bits per heavy atom. The maximum atomic E-state index is 15.8. The molecule has 0 aliphatic carbocycles. The van der Waals surface area contributed by atoms with E-state index in [9.17, 15) is 45.8 Å². The molecule has 0 bridgehead atoms. The Labute approximate surface area is 437 Å². The van der Waals surface area contributed by atoms with Crippen LogP contribution >= 0.6 is 11.3 Å². The van der Waals surface area contributed by atoms with Crippen molar-refractivity contribution in [2.45, 2.75) is 89.3 Å². The number of alkyl halides is 6. The lowest BCUT2D eigenvalue weighted by Gasteiger charge is -2.47. The normalized spacial score (nSPS) is 15.8. The quantitative estimate of drug-likeness (QED) is 0.0369. The number of aliphatic carboxylic acids is 2. The van der Waals surface area contributed by atoms with E-state index in [0.717, 1.165) is 42.1 Å². The van der Waals surface area contributed by atoms with Gasteiger partial charge in [-0.15, -0.1) is 11.3 Å². The molecule has 4 aromatic rings. The highest BCUT2D eigenvalue weighted by atomic mass is 32.1. The third-order valence-corrected chi connectivity index (χ3v) is 13.7. The molecule has 3 aromatic carbocycles. The Balaban J connectivity index is 0.000000671. The van der Waals surface area contributed by atoms with Crippen LogP contribution in [0.4, 0.5) is 36.4 Å². The van der Waals surface area contributed by atoms with E-state index in [1.807, 2.05) is 64.6 Å². The number of nitrogens with zero attached hydrogens (tertiary/aromatic N) is 4. The van der Waals surface area contributed by atoms with Gasteiger partial charge in [0.2, 0.25) is 5.91 Å². The standard InChI is InChI=1S/C47H59FN6O7S.2C2HF3O2/c1-32(2)45-50-38(30-62-45)46(58)53-24-27-61-47(31-53)17-21-52(22-18-47)28-37-11-7-10-35(42(37)48)15-25-59-26-16-41(57)54(33(3)34-8-5-4-6-9-34)23-20-49-19-14-36-12-13-39(55)43-44(36)60-29-40(56)51-43;2*3-2(4,5)1(6)7/h4-13,30,32-33,49,55H,14-29,31H2,1-3H3,(H,51,56);2*(H,6,7)/t33-;;/m1../s1. The number of likely N-dealkylation sites (tertiary alicyclic amines) is 1. The minimum Gasteiger partial charge on any atom is -0.506 e. The van der Waals surface area contributed by atoms with Crippen molar-refractivity contribution in [3.8, 4) is 11.5 Å². The topological polar surface area (TPSA) is 220 Å². The van der Waals surface area contributed by atoms with Crippen molar-refractivity contribution in [2.24, 2.45) is 0 Å². The number of aromatic nitrogens is 1. The fourth-order valence-electron chi connectivity index (χ4n) is 8.43. The van der Waals surface area contributed by atoms with Crippen LogP contribution in [-0.4, -0.2) is 155 Å². The first-order chi connectivity index (χ1) is 35.9. The number of halogens is 7. The van der Waals surface area contributed by atoms with Gasteiger partial charge in [-0.3, -0.25) is 19.3 Å². The number of hydrogen-bond acceptors (Lipinski definition) is 13. The van der Waals surface area contributed by atoms with Gasteiger partial charge in [0.25, 0.3) is 11.8 Å². The molecule has 4 heterocycles. The Morgan fingerprint density at radius 1 is 0.882 bits per heavy atom. The molecule has 0 saturated carbocycles. The van der Waals surface area contributed by atoms with E-state index in [4.69, 9.17) is 34.0 Å². The number of thiazole rings is 1. The highest BCUT2D eigenvalue weighted by Gasteiger charge is 2.42. The fraction of sp³-hybridized carbons (Fsp3) is 0.490. The van der Waals surface area contributed by atoms with Gasteiger partial charge in [-0.25, -0.2) is 19.0 Å². The summed E-state index contributed by atoms with van der Waals surface area (Å²) in [6, 6.07) is 18.6. The summed E-state index contributed by atoms with van der Waals surface area (Å²) in [4.78, 5) is 67.1. The number of carboxylic acid groups (broad SMARTS) is 2. The van der Waals surface area contributed by atoms with Crippen molar-refractivity contribution >= 4 is 46.7 Å². The second-order valence-corrected chi connectivity index (χ2v) is 19.2. The van der Waals surface area contributed by atoms with Gasteiger partial charge in [-0.2, -0.15) is 26.3 Å². The summed E-state index contributed by atoms with van der Waals surface area (Å²) >= 11 is 1.53. The van der Waals surface area contributed by atoms with E-state index < -0.39 is 29.9 Å². The molecule has 3 aliphatic heterocycles. The maximum Gasteiger partial charge on any atom is 0.490 e. The summed E-state index contributed by atoms with van der Waals surface area (Å²) in [5.41, 5.74) is 3.53. The number of benzene rings is 3. The predicted octanol–water partition coefficient (Wildman–Crippen LogP) is 7.59. The smallest absolute Gasteiger partial charge is 0.490 e. The number of ether oxygens (including phenoxy) is 3. The van der Waals surface area contributed by atoms with Crippen molar-refractivity contribution in [3.05, 3.63) is 105 Å². The molecule has 3 aliphatic rings. The number of carbonyl (C=O) groups excluding carboxylic acids is 3. The zero-order valence-corrected chi connectivity index (χ0v) is 42.8. The van der Waals surface area contributed by atoms with E-state index in [1.54, 1.807) is 18.2 Å². The lowest BCUT2D eigenvalue weighted by molar-refractivity contribution is -0.193. The number of carbonyl (C=O) groups is 5. The molecule has 0 radical (unpaired) electrons. The van der Waals surface area contributed by atoms with Gasteiger partial charge in [0.15, 0.2) is 12.4 Å². The van der Waals surface area contributed by atoms with Crippen LogP contribution in [0.5, 0.6) is 11.5 Å². The number of phenolic OH excluding ortho intramolecular Hbond substituents is 1. The molecule has 25 heteroatoms. The van der Waals surface area contributed by atoms with Gasteiger partial charge in [0.1, 0.15) is 22.9 Å². The molecular weight excluding hydrogens is 1040 g/mol. The maximum absolute atomic E-state index is 15.8. The number of hydrogen-bond donors (Lipinski definition) is 5. The van der Waals surface area contributed by atoms with E-state index in [2.05, 4.69) is 34.4 Å². The average Bonchev–Trinajstić information content (AvgIpc) is 3.89. The van der Waals surface area contributed by atoms with Gasteiger partial charge in [-0.05, 0) is 61.9 Å². The number of carboxylic acids is 2. The van der Waals surface area contributed by atoms with Crippen molar-refractivity contribution in [3.63, 3.8) is 0 Å². The molecule has 7 rings (SSSR count). The van der Waals surface area contributed by atoms with Crippen LogP contribution in [0.2, 0.25) is 0 Å². The van der Waals surface area contributed by atoms with Crippen LogP contribution in [0.3, 0.4) is 0 Å². The monoisotopic (exact) mass is 1100 g/mol. The van der Waals surface area contributed by atoms with Crippen molar-refractivity contribution in [2.75, 3.05) is 77.6 Å². The molecule has 0 unspecified atom stereocenters. The first kappa shape index (κ1) is 60.5. The zero-order chi connectivity index (χ0) is 55.8. The highest BCUT2D eigenvalue weighted by Crippen LogP contribution is 2.39. The summed E-state index contributed by atoms with van der Waals surface area (Å²) in [5.74, 6) is -5.39. The van der Waals surface area contributed by atoms with Crippen molar-refractivity contribution < 1.29 is 84.2 Å². The summed E-state index contributed by atoms with van der Waals surface area (Å²) in [5, 5.41) is 33.3. The molecule has 2 fully saturated rings. The molecule has 5 N–H and O–H groups in total. The summed E-state index contributed by atoms with van der Waals surface area (Å²) in [7, 11) is 0. The summed E-state index contributed by atoms with van der Waals surface area (Å²) < 4.78 is 97.2. The second-order valence-electron chi connectivity index (χ2n) is 18.3. The van der Waals surface area contributed by atoms with E-state index >= 15 is 4.39 Å². The molecule has 1 aromatic heterocycles. The molecule has 1 spiro atoms. The molecule has 2 saturated heterocycles. The number of nitrogens with one attached hydrogen (secondary N) is 2. The number of fused-ring (bicyclic) bond motifs is 1. The number of rotatable bonds is 18. The van der Waals surface area contributed by atoms with Gasteiger partial charge >= 0.3 is 24.3 Å². The largest absolute Gasteiger partial charge is 0.506 e. The number of amides is 3. The zero-order valence-electron chi connectivity index (χ0n) is 42.0. The van der Waals surface area contributed by atoms with Crippen LogP contribution in [0.1, 0.15) is 89.7 Å². The number of morpholine rings is 1. The fourth-order valence-corrected chi connectivity index (χ4v) is 9.24. The average molecular weight is 1100 g/mol. The summed E-state index contributed by atoms with van der Waals surface area (Å²) in [6.07, 6.45) is -7.46. The third kappa shape index (κ3) is 17.6. The van der Waals surface area contributed by atoms with Crippen LogP contribution < -0.4 is 15.4 Å². The summed E-state index contributed by atoms with van der Waals surface area (Å²) in [6.45, 7) is 11.8. The lowest BCUT2D eigenvalue weighted by atomic mass is 9.89. The van der Waals surface area contributed by atoms with Crippen LogP contribution in [0, 0.1) is 5.82 Å². The number of phenols is 1. The first-order valence-electron chi connectivity index (χ1n) is 24.3. The number of aromatic hydroxyl groups is 1. The van der Waals surface area contributed by atoms with Crippen LogP contribution in [0.25, 0.3) is 0 Å². The van der Waals surface area contributed by atoms with Gasteiger partial charge < -0.3 is 50.0 Å². The van der Waals surface area contributed by atoms with Crippen LogP contribution in [0.15, 0.2) is 66.0 Å². The SMILES string of the molecule is CC(C)c1nc(C(=O)N2CCOC3(CCN(Cc4cccc(CCOCCC(=O)N(CCNCCc5ccc(O)c6c5OCC(=O)N6)[C@H](C)c5ccccc5)c4F)CC3)C2)cs1.O=C(O)C(F)(F)F.O=C(O)C(F)(F)F. The van der Waals surface area contributed by atoms with E-state index in [0.29, 0.717) is 87.0 Å².